The van der Waals surface area contributed by atoms with Crippen LogP contribution in [0.25, 0.3) is 6.08 Å². The Morgan fingerprint density at radius 2 is 1.85 bits per heavy atom. The van der Waals surface area contributed by atoms with Crippen LogP contribution in [0.5, 0.6) is 0 Å². The van der Waals surface area contributed by atoms with E-state index in [-0.39, 0.29) is 28.7 Å². The maximum absolute atomic E-state index is 12.7. The Kier molecular flexibility index (Phi) is 7.11. The molecule has 1 unspecified atom stereocenters. The lowest BCUT2D eigenvalue weighted by Crippen LogP contribution is -2.43. The number of nitrogens with zero attached hydrogens (tertiary/aromatic N) is 2. The number of nitrogens with one attached hydrogen (secondary N) is 2. The summed E-state index contributed by atoms with van der Waals surface area (Å²) in [6.07, 6.45) is 7.73. The molecule has 1 aliphatic heterocycles. The second-order valence-corrected chi connectivity index (χ2v) is 10.4. The molecule has 0 spiro atoms. The first-order valence-corrected chi connectivity index (χ1v) is 12.7. The minimum absolute atomic E-state index is 0.0464. The van der Waals surface area contributed by atoms with Crippen molar-refractivity contribution in [2.45, 2.75) is 36.6 Å². The van der Waals surface area contributed by atoms with Crippen molar-refractivity contribution in [1.29, 1.82) is 0 Å². The van der Waals surface area contributed by atoms with Crippen LogP contribution in [0.1, 0.15) is 31.2 Å². The van der Waals surface area contributed by atoms with E-state index in [0.717, 1.165) is 19.3 Å². The minimum Gasteiger partial charge on any atom is -0.338 e. The number of halogens is 1. The number of pyridine rings is 1. The third-order valence-corrected chi connectivity index (χ3v) is 7.35. The molecule has 2 fully saturated rings. The van der Waals surface area contributed by atoms with Crippen molar-refractivity contribution in [3.05, 3.63) is 59.3 Å². The van der Waals surface area contributed by atoms with Gasteiger partial charge in [0.1, 0.15) is 5.82 Å². The van der Waals surface area contributed by atoms with Gasteiger partial charge in [-0.1, -0.05) is 23.7 Å². The van der Waals surface area contributed by atoms with Crippen LogP contribution in [-0.2, 0) is 19.6 Å². The number of benzene rings is 1. The van der Waals surface area contributed by atoms with Crippen molar-refractivity contribution in [1.82, 2.24) is 14.6 Å². The summed E-state index contributed by atoms with van der Waals surface area (Å²) in [6, 6.07) is 9.71. The number of carbonyl (C=O) groups is 2. The molecule has 8 nitrogen and oxygen atoms in total. The number of likely N-dealkylation sites (tertiary alicyclic amines) is 1. The molecule has 2 aromatic rings. The molecule has 1 aliphatic carbocycles. The van der Waals surface area contributed by atoms with Crippen LogP contribution in [0.2, 0.25) is 5.02 Å². The van der Waals surface area contributed by atoms with Gasteiger partial charge in [0.2, 0.25) is 21.8 Å². The van der Waals surface area contributed by atoms with E-state index >= 15 is 0 Å². The van der Waals surface area contributed by atoms with Gasteiger partial charge in [-0.05, 0) is 61.6 Å². The summed E-state index contributed by atoms with van der Waals surface area (Å²) in [5.41, 5.74) is 0.717. The lowest BCUT2D eigenvalue weighted by Gasteiger charge is -2.31. The normalized spacial score (nSPS) is 18.9. The van der Waals surface area contributed by atoms with E-state index in [2.05, 4.69) is 15.0 Å². The Morgan fingerprint density at radius 1 is 1.09 bits per heavy atom. The molecule has 0 bridgehead atoms. The van der Waals surface area contributed by atoms with E-state index in [1.807, 2.05) is 0 Å². The standard InChI is InChI=1S/C23H25ClN4O4S/c24-18-6-11-21(25-14-18)26-23(30)17-2-1-13-28(15-17)22(29)12-5-16-3-9-20(10-4-16)33(31,32)27-19-7-8-19/h3-6,9-12,14,17,19,27H,1-2,7-8,13,15H2,(H,25,26,30). The number of anilines is 1. The van der Waals surface area contributed by atoms with Gasteiger partial charge in [-0.3, -0.25) is 9.59 Å². The first kappa shape index (κ1) is 23.4. The largest absolute Gasteiger partial charge is 0.338 e. The Hall–Kier alpha value is -2.75. The average molecular weight is 489 g/mol. The monoisotopic (exact) mass is 488 g/mol. The molecule has 2 aliphatic rings. The molecule has 2 heterocycles. The molecule has 4 rings (SSSR count). The Balaban J connectivity index is 1.32. The van der Waals surface area contributed by atoms with E-state index < -0.39 is 10.0 Å². The number of sulfonamides is 1. The van der Waals surface area contributed by atoms with Gasteiger partial charge < -0.3 is 10.2 Å². The SMILES string of the molecule is O=C(Nc1ccc(Cl)cn1)C1CCCN(C(=O)C=Cc2ccc(S(=O)(=O)NC3CC3)cc2)C1. The number of piperidine rings is 1. The van der Waals surface area contributed by atoms with Gasteiger partial charge in [-0.2, -0.15) is 0 Å². The Bertz CT molecular complexity index is 1150. The van der Waals surface area contributed by atoms with E-state index in [4.69, 9.17) is 11.6 Å². The van der Waals surface area contributed by atoms with Crippen LogP contribution >= 0.6 is 11.6 Å². The van der Waals surface area contributed by atoms with E-state index in [1.54, 1.807) is 35.2 Å². The van der Waals surface area contributed by atoms with Crippen LogP contribution in [0.15, 0.2) is 53.6 Å². The van der Waals surface area contributed by atoms with Gasteiger partial charge in [0.25, 0.3) is 0 Å². The predicted molar refractivity (Wildman–Crippen MR) is 126 cm³/mol. The molecule has 1 saturated carbocycles. The van der Waals surface area contributed by atoms with Gasteiger partial charge in [-0.25, -0.2) is 18.1 Å². The van der Waals surface area contributed by atoms with Gasteiger partial charge >= 0.3 is 0 Å². The smallest absolute Gasteiger partial charge is 0.246 e. The molecule has 33 heavy (non-hydrogen) atoms. The molecular formula is C23H25ClN4O4S. The van der Waals surface area contributed by atoms with Crippen LogP contribution in [0.3, 0.4) is 0 Å². The van der Waals surface area contributed by atoms with Crippen molar-refractivity contribution in [3.63, 3.8) is 0 Å². The zero-order valence-electron chi connectivity index (χ0n) is 17.9. The van der Waals surface area contributed by atoms with Crippen LogP contribution in [-0.4, -0.2) is 49.2 Å². The predicted octanol–water partition coefficient (Wildman–Crippen LogP) is 3.07. The van der Waals surface area contributed by atoms with E-state index in [1.165, 1.54) is 24.4 Å². The number of hydrogen-bond acceptors (Lipinski definition) is 5. The first-order chi connectivity index (χ1) is 15.8. The quantitative estimate of drug-likeness (QED) is 0.582. The minimum atomic E-state index is -3.50. The van der Waals surface area contributed by atoms with Crippen molar-refractivity contribution >= 4 is 45.3 Å². The maximum atomic E-state index is 12.7. The fourth-order valence-electron chi connectivity index (χ4n) is 3.59. The summed E-state index contributed by atoms with van der Waals surface area (Å²) in [4.78, 5) is 31.2. The summed E-state index contributed by atoms with van der Waals surface area (Å²) < 4.78 is 27.1. The zero-order valence-corrected chi connectivity index (χ0v) is 19.5. The van der Waals surface area contributed by atoms with Crippen molar-refractivity contribution in [2.24, 2.45) is 5.92 Å². The molecule has 2 N–H and O–H groups in total. The average Bonchev–Trinajstić information content (AvgIpc) is 3.62. The molecule has 1 aromatic heterocycles. The maximum Gasteiger partial charge on any atom is 0.246 e. The van der Waals surface area contributed by atoms with Crippen LogP contribution < -0.4 is 10.0 Å². The second-order valence-electron chi connectivity index (χ2n) is 8.27. The van der Waals surface area contributed by atoms with Crippen LogP contribution in [0.4, 0.5) is 5.82 Å². The van der Waals surface area contributed by atoms with Crippen LogP contribution in [0, 0.1) is 5.92 Å². The molecule has 1 aromatic carbocycles. The highest BCUT2D eigenvalue weighted by molar-refractivity contribution is 7.89. The molecule has 2 amide bonds. The summed E-state index contributed by atoms with van der Waals surface area (Å²) in [6.45, 7) is 0.906. The summed E-state index contributed by atoms with van der Waals surface area (Å²) in [5, 5.41) is 3.26. The lowest BCUT2D eigenvalue weighted by molar-refractivity contribution is -0.130. The zero-order chi connectivity index (χ0) is 23.4. The first-order valence-electron chi connectivity index (χ1n) is 10.8. The van der Waals surface area contributed by atoms with Gasteiger partial charge in [0, 0.05) is 31.4 Å². The molecule has 174 valence electrons. The van der Waals surface area contributed by atoms with E-state index in [9.17, 15) is 18.0 Å². The number of amides is 2. The molecule has 1 atom stereocenters. The molecule has 1 saturated heterocycles. The fraction of sp³-hybridized carbons (Fsp3) is 0.348. The molecule has 10 heteroatoms. The number of rotatable bonds is 7. The Labute approximate surface area is 198 Å². The Morgan fingerprint density at radius 3 is 2.52 bits per heavy atom. The van der Waals surface area contributed by atoms with Gasteiger partial charge in [-0.15, -0.1) is 0 Å². The summed E-state index contributed by atoms with van der Waals surface area (Å²) >= 11 is 5.82. The van der Waals surface area contributed by atoms with Gasteiger partial charge in [0.05, 0.1) is 15.8 Å². The summed E-state index contributed by atoms with van der Waals surface area (Å²) in [5.74, 6) is -0.269. The molecule has 0 radical (unpaired) electrons. The highest BCUT2D eigenvalue weighted by Crippen LogP contribution is 2.23. The number of hydrogen-bond donors (Lipinski definition) is 2. The van der Waals surface area contributed by atoms with E-state index in [0.29, 0.717) is 35.9 Å². The van der Waals surface area contributed by atoms with Crippen molar-refractivity contribution in [2.75, 3.05) is 18.4 Å². The number of aromatic nitrogens is 1. The highest BCUT2D eigenvalue weighted by Gasteiger charge is 2.29. The second kappa shape index (κ2) is 10.0. The third-order valence-electron chi connectivity index (χ3n) is 5.59. The fourth-order valence-corrected chi connectivity index (χ4v) is 5.01. The van der Waals surface area contributed by atoms with Gasteiger partial charge in [0.15, 0.2) is 0 Å². The topological polar surface area (TPSA) is 108 Å². The highest BCUT2D eigenvalue weighted by atomic mass is 35.5. The lowest BCUT2D eigenvalue weighted by atomic mass is 9.97. The van der Waals surface area contributed by atoms with Crippen molar-refractivity contribution < 1.29 is 18.0 Å². The van der Waals surface area contributed by atoms with Crippen molar-refractivity contribution in [3.8, 4) is 0 Å². The third kappa shape index (κ3) is 6.40. The number of carbonyl (C=O) groups excluding carboxylic acids is 2. The summed E-state index contributed by atoms with van der Waals surface area (Å²) in [7, 11) is -3.50. The molecular weight excluding hydrogens is 464 g/mol.